The highest BCUT2D eigenvalue weighted by Crippen LogP contribution is 2.32. The molecule has 0 aliphatic carbocycles. The third kappa shape index (κ3) is 5.62. The molecule has 1 aliphatic heterocycles. The number of hydrogen-bond donors (Lipinski definition) is 2. The molecule has 2 aromatic rings. The molecule has 3 rings (SSSR count). The predicted molar refractivity (Wildman–Crippen MR) is 122 cm³/mol. The molecule has 0 bridgehead atoms. The van der Waals surface area contributed by atoms with E-state index >= 15 is 0 Å². The summed E-state index contributed by atoms with van der Waals surface area (Å²) in [7, 11) is 0. The summed E-state index contributed by atoms with van der Waals surface area (Å²) in [5, 5.41) is 12.5. The Kier molecular flexibility index (Phi) is 7.90. The zero-order chi connectivity index (χ0) is 21.5. The number of benzene rings is 2. The Morgan fingerprint density at radius 1 is 1.20 bits per heavy atom. The minimum atomic E-state index is -0.541. The van der Waals surface area contributed by atoms with Crippen LogP contribution in [0.4, 0.5) is 11.4 Å². The SMILES string of the molecule is Cc1c(Cl)cccc1NC(=O)CC1SC(=Nc2ccccc2)N(CCCCO)C1=O. The highest BCUT2D eigenvalue weighted by atomic mass is 35.5. The number of unbranched alkanes of at least 4 members (excludes halogenated alkanes) is 1. The van der Waals surface area contributed by atoms with E-state index in [1.807, 2.05) is 37.3 Å². The van der Waals surface area contributed by atoms with Gasteiger partial charge in [0.2, 0.25) is 11.8 Å². The van der Waals surface area contributed by atoms with Crippen molar-refractivity contribution in [2.24, 2.45) is 4.99 Å². The average Bonchev–Trinajstić information content (AvgIpc) is 3.01. The molecule has 30 heavy (non-hydrogen) atoms. The number of aliphatic hydroxyl groups excluding tert-OH is 1. The van der Waals surface area contributed by atoms with Crippen molar-refractivity contribution < 1.29 is 14.7 Å². The third-order valence-electron chi connectivity index (χ3n) is 4.70. The van der Waals surface area contributed by atoms with E-state index in [0.29, 0.717) is 35.3 Å². The van der Waals surface area contributed by atoms with Crippen LogP contribution < -0.4 is 5.32 Å². The summed E-state index contributed by atoms with van der Waals surface area (Å²) in [6.07, 6.45) is 1.31. The van der Waals surface area contributed by atoms with Crippen molar-refractivity contribution in [1.82, 2.24) is 4.90 Å². The summed E-state index contributed by atoms with van der Waals surface area (Å²) in [6.45, 7) is 2.37. The number of thioether (sulfide) groups is 1. The van der Waals surface area contributed by atoms with Gasteiger partial charge in [0.1, 0.15) is 5.25 Å². The quantitative estimate of drug-likeness (QED) is 0.590. The van der Waals surface area contributed by atoms with Crippen LogP contribution in [0.25, 0.3) is 0 Å². The van der Waals surface area contributed by atoms with E-state index in [9.17, 15) is 9.59 Å². The van der Waals surface area contributed by atoms with Gasteiger partial charge in [-0.3, -0.25) is 14.5 Å². The van der Waals surface area contributed by atoms with E-state index in [4.69, 9.17) is 16.7 Å². The summed E-state index contributed by atoms with van der Waals surface area (Å²) < 4.78 is 0. The maximum atomic E-state index is 13.0. The molecule has 2 N–H and O–H groups in total. The maximum absolute atomic E-state index is 13.0. The molecule has 8 heteroatoms. The van der Waals surface area contributed by atoms with Gasteiger partial charge in [0.05, 0.1) is 5.69 Å². The highest BCUT2D eigenvalue weighted by molar-refractivity contribution is 8.15. The number of aliphatic imine (C=N–C) groups is 1. The molecule has 0 radical (unpaired) electrons. The Labute approximate surface area is 185 Å². The zero-order valence-corrected chi connectivity index (χ0v) is 18.2. The number of hydrogen-bond acceptors (Lipinski definition) is 5. The van der Waals surface area contributed by atoms with E-state index in [1.54, 1.807) is 23.1 Å². The van der Waals surface area contributed by atoms with Crippen molar-refractivity contribution in [1.29, 1.82) is 0 Å². The Bertz CT molecular complexity index is 936. The molecule has 6 nitrogen and oxygen atoms in total. The summed E-state index contributed by atoms with van der Waals surface area (Å²) in [5.41, 5.74) is 2.18. The Hall–Kier alpha value is -2.35. The van der Waals surface area contributed by atoms with Gasteiger partial charge in [0, 0.05) is 30.3 Å². The lowest BCUT2D eigenvalue weighted by atomic mass is 10.2. The molecule has 1 aliphatic rings. The number of rotatable bonds is 8. The van der Waals surface area contributed by atoms with E-state index in [-0.39, 0.29) is 24.8 Å². The lowest BCUT2D eigenvalue weighted by molar-refractivity contribution is -0.128. The Balaban J connectivity index is 1.73. The number of amides is 2. The number of aliphatic hydroxyl groups is 1. The van der Waals surface area contributed by atoms with Gasteiger partial charge in [0.25, 0.3) is 0 Å². The van der Waals surface area contributed by atoms with Gasteiger partial charge < -0.3 is 10.4 Å². The first-order valence-corrected chi connectivity index (χ1v) is 11.0. The second-order valence-electron chi connectivity index (χ2n) is 6.92. The number of nitrogens with one attached hydrogen (secondary N) is 1. The van der Waals surface area contributed by atoms with Crippen LogP contribution in [-0.2, 0) is 9.59 Å². The minimum Gasteiger partial charge on any atom is -0.396 e. The predicted octanol–water partition coefficient (Wildman–Crippen LogP) is 4.38. The molecule has 1 unspecified atom stereocenters. The number of carbonyl (C=O) groups excluding carboxylic acids is 2. The summed E-state index contributed by atoms with van der Waals surface area (Å²) in [6, 6.07) is 14.7. The molecule has 158 valence electrons. The van der Waals surface area contributed by atoms with Crippen LogP contribution in [-0.4, -0.2) is 45.4 Å². The van der Waals surface area contributed by atoms with E-state index < -0.39 is 5.25 Å². The summed E-state index contributed by atoms with van der Waals surface area (Å²) >= 11 is 7.42. The molecule has 0 aromatic heterocycles. The van der Waals surface area contributed by atoms with Crippen LogP contribution in [0.3, 0.4) is 0 Å². The first kappa shape index (κ1) is 22.3. The van der Waals surface area contributed by atoms with Crippen LogP contribution in [0.5, 0.6) is 0 Å². The third-order valence-corrected chi connectivity index (χ3v) is 6.29. The van der Waals surface area contributed by atoms with Gasteiger partial charge in [-0.2, -0.15) is 0 Å². The van der Waals surface area contributed by atoms with Gasteiger partial charge in [0.15, 0.2) is 5.17 Å². The fourth-order valence-electron chi connectivity index (χ4n) is 3.04. The Morgan fingerprint density at radius 3 is 2.70 bits per heavy atom. The van der Waals surface area contributed by atoms with Crippen molar-refractivity contribution in [2.45, 2.75) is 31.4 Å². The molecule has 1 saturated heterocycles. The van der Waals surface area contributed by atoms with Gasteiger partial charge in [-0.1, -0.05) is 47.6 Å². The van der Waals surface area contributed by atoms with E-state index in [1.165, 1.54) is 11.8 Å². The topological polar surface area (TPSA) is 82.0 Å². The molecule has 0 saturated carbocycles. The first-order valence-electron chi connectivity index (χ1n) is 9.77. The normalized spacial score (nSPS) is 17.6. The molecule has 1 atom stereocenters. The maximum Gasteiger partial charge on any atom is 0.242 e. The van der Waals surface area contributed by atoms with Crippen LogP contribution in [0.15, 0.2) is 53.5 Å². The van der Waals surface area contributed by atoms with E-state index in [0.717, 1.165) is 11.3 Å². The van der Waals surface area contributed by atoms with Crippen LogP contribution in [0, 0.1) is 6.92 Å². The molecular weight excluding hydrogens is 422 g/mol. The van der Waals surface area contributed by atoms with Gasteiger partial charge >= 0.3 is 0 Å². The van der Waals surface area contributed by atoms with Crippen molar-refractivity contribution in [3.8, 4) is 0 Å². The van der Waals surface area contributed by atoms with Crippen LogP contribution in [0.2, 0.25) is 5.02 Å². The smallest absolute Gasteiger partial charge is 0.242 e. The second kappa shape index (κ2) is 10.6. The first-order chi connectivity index (χ1) is 14.5. The molecular formula is C22H24ClN3O3S. The van der Waals surface area contributed by atoms with Gasteiger partial charge in [-0.15, -0.1) is 0 Å². The molecule has 2 aromatic carbocycles. The largest absolute Gasteiger partial charge is 0.396 e. The molecule has 2 amide bonds. The molecule has 0 spiro atoms. The summed E-state index contributed by atoms with van der Waals surface area (Å²) in [5.74, 6) is -0.381. The number of amidine groups is 1. The monoisotopic (exact) mass is 445 g/mol. The standard InChI is InChI=1S/C22H24ClN3O3S/c1-15-17(23)10-7-11-18(15)25-20(28)14-19-21(29)26(12-5-6-13-27)22(30-19)24-16-8-3-2-4-9-16/h2-4,7-11,19,27H,5-6,12-14H2,1H3,(H,25,28). The van der Waals surface area contributed by atoms with Gasteiger partial charge in [-0.05, 0) is 49.6 Å². The fourth-order valence-corrected chi connectivity index (χ4v) is 4.40. The number of para-hydroxylation sites is 1. The van der Waals surface area contributed by atoms with Crippen molar-refractivity contribution in [3.63, 3.8) is 0 Å². The average molecular weight is 446 g/mol. The molecule has 1 fully saturated rings. The minimum absolute atomic E-state index is 0.0414. The van der Waals surface area contributed by atoms with Crippen molar-refractivity contribution in [2.75, 3.05) is 18.5 Å². The number of carbonyl (C=O) groups is 2. The zero-order valence-electron chi connectivity index (χ0n) is 16.7. The highest BCUT2D eigenvalue weighted by Gasteiger charge is 2.38. The summed E-state index contributed by atoms with van der Waals surface area (Å²) in [4.78, 5) is 31.8. The van der Waals surface area contributed by atoms with Crippen molar-refractivity contribution >= 4 is 51.7 Å². The number of anilines is 1. The van der Waals surface area contributed by atoms with Gasteiger partial charge in [-0.25, -0.2) is 4.99 Å². The lowest BCUT2D eigenvalue weighted by Crippen LogP contribution is -2.34. The molecule has 1 heterocycles. The number of nitrogens with zero attached hydrogens (tertiary/aromatic N) is 2. The second-order valence-corrected chi connectivity index (χ2v) is 8.50. The number of halogens is 1. The van der Waals surface area contributed by atoms with Crippen LogP contribution >= 0.6 is 23.4 Å². The fraction of sp³-hybridized carbons (Fsp3) is 0.318. The van der Waals surface area contributed by atoms with E-state index in [2.05, 4.69) is 10.3 Å². The van der Waals surface area contributed by atoms with Crippen LogP contribution in [0.1, 0.15) is 24.8 Å². The Morgan fingerprint density at radius 2 is 1.97 bits per heavy atom. The van der Waals surface area contributed by atoms with Crippen molar-refractivity contribution in [3.05, 3.63) is 59.1 Å². The lowest BCUT2D eigenvalue weighted by Gasteiger charge is -2.16.